The summed E-state index contributed by atoms with van der Waals surface area (Å²) in [4.78, 5) is 29.4. The van der Waals surface area contributed by atoms with Crippen LogP contribution >= 0.6 is 0 Å². The number of benzene rings is 2. The van der Waals surface area contributed by atoms with Crippen LogP contribution in [-0.2, 0) is 27.4 Å². The Morgan fingerprint density at radius 2 is 1.69 bits per heavy atom. The summed E-state index contributed by atoms with van der Waals surface area (Å²) in [6, 6.07) is 18.6. The number of para-hydroxylation sites is 1. The summed E-state index contributed by atoms with van der Waals surface area (Å²) in [6.07, 6.45) is 2.13. The molecular formula is C27H31FN2O5. The second kappa shape index (κ2) is 13.9. The molecule has 2 amide bonds. The van der Waals surface area contributed by atoms with Crippen LogP contribution in [-0.4, -0.2) is 54.5 Å². The summed E-state index contributed by atoms with van der Waals surface area (Å²) in [7, 11) is 0. The zero-order valence-electron chi connectivity index (χ0n) is 19.9. The lowest BCUT2D eigenvalue weighted by molar-refractivity contribution is -0.142. The van der Waals surface area contributed by atoms with Crippen LogP contribution in [0.1, 0.15) is 24.7 Å². The van der Waals surface area contributed by atoms with Gasteiger partial charge in [0.2, 0.25) is 5.91 Å². The van der Waals surface area contributed by atoms with E-state index in [1.165, 1.54) is 17.0 Å². The van der Waals surface area contributed by atoms with E-state index in [1.807, 2.05) is 25.1 Å². The number of hydrogen-bond acceptors (Lipinski definition) is 5. The maximum Gasteiger partial charge on any atom is 0.260 e. The fourth-order valence-corrected chi connectivity index (χ4v) is 3.44. The van der Waals surface area contributed by atoms with Crippen molar-refractivity contribution in [1.29, 1.82) is 0 Å². The Kier molecular flexibility index (Phi) is 10.3. The molecule has 0 N–H and O–H groups in total. The normalized spacial score (nSPS) is 10.7. The molecule has 0 saturated carbocycles. The molecule has 0 fully saturated rings. The number of furan rings is 1. The van der Waals surface area contributed by atoms with Crippen LogP contribution in [0.25, 0.3) is 0 Å². The van der Waals surface area contributed by atoms with E-state index < -0.39 is 0 Å². The van der Waals surface area contributed by atoms with Gasteiger partial charge in [-0.25, -0.2) is 4.39 Å². The minimum absolute atomic E-state index is 0.120. The predicted octanol–water partition coefficient (Wildman–Crippen LogP) is 4.28. The molecule has 0 saturated heterocycles. The van der Waals surface area contributed by atoms with E-state index in [0.717, 1.165) is 5.56 Å². The third-order valence-corrected chi connectivity index (χ3v) is 5.27. The minimum Gasteiger partial charge on any atom is -0.484 e. The van der Waals surface area contributed by atoms with Gasteiger partial charge < -0.3 is 23.7 Å². The fourth-order valence-electron chi connectivity index (χ4n) is 3.44. The number of hydrogen-bond donors (Lipinski definition) is 0. The average Bonchev–Trinajstić information content (AvgIpc) is 3.39. The molecule has 0 unspecified atom stereocenters. The summed E-state index contributed by atoms with van der Waals surface area (Å²) in [5.41, 5.74) is 0.771. The van der Waals surface area contributed by atoms with E-state index in [1.54, 1.807) is 47.6 Å². The molecule has 35 heavy (non-hydrogen) atoms. The monoisotopic (exact) mass is 482 g/mol. The van der Waals surface area contributed by atoms with Crippen LogP contribution < -0.4 is 4.74 Å². The number of carbonyl (C=O) groups excluding carboxylic acids is 2. The highest BCUT2D eigenvalue weighted by atomic mass is 19.1. The molecule has 186 valence electrons. The Labute approximate surface area is 205 Å². The van der Waals surface area contributed by atoms with Gasteiger partial charge in [-0.05, 0) is 55.3 Å². The molecule has 0 spiro atoms. The molecule has 7 nitrogen and oxygen atoms in total. The molecule has 0 aliphatic heterocycles. The topological polar surface area (TPSA) is 72.2 Å². The SMILES string of the molecule is CCOCCCN(CC(=O)N(Cc1ccc(F)cc1)Cc1ccco1)C(=O)COc1ccccc1. The van der Waals surface area contributed by atoms with Crippen LogP contribution in [0, 0.1) is 5.82 Å². The quantitative estimate of drug-likeness (QED) is 0.321. The molecule has 0 radical (unpaired) electrons. The van der Waals surface area contributed by atoms with Gasteiger partial charge in [0.15, 0.2) is 6.61 Å². The van der Waals surface area contributed by atoms with Crippen molar-refractivity contribution >= 4 is 11.8 Å². The van der Waals surface area contributed by atoms with Gasteiger partial charge in [0.25, 0.3) is 5.91 Å². The number of halogens is 1. The molecule has 3 aromatic rings. The molecule has 1 heterocycles. The van der Waals surface area contributed by atoms with Gasteiger partial charge in [-0.1, -0.05) is 30.3 Å². The molecule has 1 aromatic heterocycles. The Morgan fingerprint density at radius 3 is 2.37 bits per heavy atom. The molecule has 0 atom stereocenters. The standard InChI is InChI=1S/C27H31FN2O5/c1-2-33-16-7-15-29(27(32)21-35-24-8-4-3-5-9-24)20-26(31)30(19-25-10-6-17-34-25)18-22-11-13-23(28)14-12-22/h3-6,8-14,17H,2,7,15-16,18-21H2,1H3. The minimum atomic E-state index is -0.345. The van der Waals surface area contributed by atoms with E-state index in [2.05, 4.69) is 0 Å². The average molecular weight is 483 g/mol. The van der Waals surface area contributed by atoms with Gasteiger partial charge in [0, 0.05) is 26.3 Å². The first-order valence-electron chi connectivity index (χ1n) is 11.6. The highest BCUT2D eigenvalue weighted by Gasteiger charge is 2.23. The molecule has 0 bridgehead atoms. The summed E-state index contributed by atoms with van der Waals surface area (Å²) >= 11 is 0. The van der Waals surface area contributed by atoms with E-state index >= 15 is 0 Å². The maximum absolute atomic E-state index is 13.4. The molecule has 3 rings (SSSR count). The van der Waals surface area contributed by atoms with Crippen LogP contribution in [0.3, 0.4) is 0 Å². The lowest BCUT2D eigenvalue weighted by Crippen LogP contribution is -2.44. The summed E-state index contributed by atoms with van der Waals surface area (Å²) in [5, 5.41) is 0. The fraction of sp³-hybridized carbons (Fsp3) is 0.333. The highest BCUT2D eigenvalue weighted by Crippen LogP contribution is 2.13. The van der Waals surface area contributed by atoms with Gasteiger partial charge in [-0.3, -0.25) is 9.59 Å². The van der Waals surface area contributed by atoms with E-state index in [0.29, 0.717) is 37.7 Å². The molecule has 0 aliphatic carbocycles. The second-order valence-electron chi connectivity index (χ2n) is 7.92. The largest absolute Gasteiger partial charge is 0.484 e. The van der Waals surface area contributed by atoms with Crippen molar-refractivity contribution in [3.63, 3.8) is 0 Å². The number of amides is 2. The summed E-state index contributed by atoms with van der Waals surface area (Å²) < 4.78 is 29.8. The van der Waals surface area contributed by atoms with E-state index in [9.17, 15) is 14.0 Å². The highest BCUT2D eigenvalue weighted by molar-refractivity contribution is 5.85. The van der Waals surface area contributed by atoms with Crippen molar-refractivity contribution in [1.82, 2.24) is 9.80 Å². The number of ether oxygens (including phenoxy) is 2. The summed E-state index contributed by atoms with van der Waals surface area (Å²) in [6.45, 7) is 3.51. The van der Waals surface area contributed by atoms with Gasteiger partial charge in [-0.15, -0.1) is 0 Å². The van der Waals surface area contributed by atoms with Crippen molar-refractivity contribution in [2.24, 2.45) is 0 Å². The third kappa shape index (κ3) is 8.90. The third-order valence-electron chi connectivity index (χ3n) is 5.27. The first-order chi connectivity index (χ1) is 17.0. The number of carbonyl (C=O) groups is 2. The van der Waals surface area contributed by atoms with Gasteiger partial charge in [0.05, 0.1) is 19.4 Å². The van der Waals surface area contributed by atoms with Crippen LogP contribution in [0.2, 0.25) is 0 Å². The lowest BCUT2D eigenvalue weighted by Gasteiger charge is -2.27. The summed E-state index contributed by atoms with van der Waals surface area (Å²) in [5.74, 6) is 0.301. The number of rotatable bonds is 14. The van der Waals surface area contributed by atoms with Gasteiger partial charge in [0.1, 0.15) is 17.3 Å². The van der Waals surface area contributed by atoms with Crippen molar-refractivity contribution in [3.05, 3.63) is 90.1 Å². The smallest absolute Gasteiger partial charge is 0.260 e. The predicted molar refractivity (Wildman–Crippen MR) is 129 cm³/mol. The van der Waals surface area contributed by atoms with Crippen molar-refractivity contribution in [2.75, 3.05) is 32.9 Å². The molecule has 2 aromatic carbocycles. The Bertz CT molecular complexity index is 1030. The Morgan fingerprint density at radius 1 is 0.914 bits per heavy atom. The number of nitrogens with zero attached hydrogens (tertiary/aromatic N) is 2. The molecule has 8 heteroatoms. The van der Waals surface area contributed by atoms with Crippen molar-refractivity contribution in [3.8, 4) is 5.75 Å². The van der Waals surface area contributed by atoms with Crippen LogP contribution in [0.5, 0.6) is 5.75 Å². The maximum atomic E-state index is 13.4. The van der Waals surface area contributed by atoms with Crippen LogP contribution in [0.4, 0.5) is 4.39 Å². The first-order valence-corrected chi connectivity index (χ1v) is 11.6. The van der Waals surface area contributed by atoms with Crippen molar-refractivity contribution in [2.45, 2.75) is 26.4 Å². The van der Waals surface area contributed by atoms with Crippen LogP contribution in [0.15, 0.2) is 77.4 Å². The van der Waals surface area contributed by atoms with E-state index in [4.69, 9.17) is 13.9 Å². The van der Waals surface area contributed by atoms with E-state index in [-0.39, 0.29) is 43.9 Å². The Balaban J connectivity index is 1.69. The molecular weight excluding hydrogens is 451 g/mol. The second-order valence-corrected chi connectivity index (χ2v) is 7.92. The zero-order valence-corrected chi connectivity index (χ0v) is 19.9. The Hall–Kier alpha value is -3.65. The molecule has 0 aliphatic rings. The van der Waals surface area contributed by atoms with Crippen molar-refractivity contribution < 1.29 is 27.9 Å². The lowest BCUT2D eigenvalue weighted by atomic mass is 10.2. The zero-order chi connectivity index (χ0) is 24.9. The van der Waals surface area contributed by atoms with Gasteiger partial charge in [-0.2, -0.15) is 0 Å². The van der Waals surface area contributed by atoms with Gasteiger partial charge >= 0.3 is 0 Å². The first kappa shape index (κ1) is 26.0.